The molecule has 0 aromatic carbocycles. The van der Waals surface area contributed by atoms with Crippen molar-refractivity contribution in [1.82, 2.24) is 14.9 Å². The lowest BCUT2D eigenvalue weighted by Crippen LogP contribution is -2.31. The minimum absolute atomic E-state index is 0.600. The van der Waals surface area contributed by atoms with Gasteiger partial charge >= 0.3 is 0 Å². The summed E-state index contributed by atoms with van der Waals surface area (Å²) in [6, 6.07) is 0.672. The van der Waals surface area contributed by atoms with Gasteiger partial charge in [0.2, 0.25) is 5.88 Å². The van der Waals surface area contributed by atoms with Crippen LogP contribution < -0.4 is 4.74 Å². The maximum atomic E-state index is 5.03. The predicted molar refractivity (Wildman–Crippen MR) is 65.0 cm³/mol. The zero-order chi connectivity index (χ0) is 12.0. The summed E-state index contributed by atoms with van der Waals surface area (Å²) < 4.78 is 5.03. The summed E-state index contributed by atoms with van der Waals surface area (Å²) in [7, 11) is 1.62. The van der Waals surface area contributed by atoms with Crippen LogP contribution in [-0.4, -0.2) is 41.1 Å². The highest BCUT2D eigenvalue weighted by molar-refractivity contribution is 5.24. The second kappa shape index (κ2) is 3.95. The van der Waals surface area contributed by atoms with Crippen LogP contribution in [0.1, 0.15) is 25.5 Å². The average molecular weight is 233 g/mol. The van der Waals surface area contributed by atoms with Crippen LogP contribution >= 0.6 is 0 Å². The molecule has 1 aliphatic carbocycles. The van der Waals surface area contributed by atoms with Crippen molar-refractivity contribution in [2.24, 2.45) is 11.8 Å². The molecular formula is C13H19N3O. The zero-order valence-corrected chi connectivity index (χ0v) is 10.6. The summed E-state index contributed by atoms with van der Waals surface area (Å²) in [6.45, 7) is 6.99. The Kier molecular flexibility index (Phi) is 2.54. The van der Waals surface area contributed by atoms with Crippen molar-refractivity contribution in [3.05, 3.63) is 18.1 Å². The van der Waals surface area contributed by atoms with E-state index in [9.17, 15) is 0 Å². The highest BCUT2D eigenvalue weighted by Crippen LogP contribution is 2.57. The Bertz CT molecular complexity index is 392. The van der Waals surface area contributed by atoms with Gasteiger partial charge in [-0.3, -0.25) is 4.98 Å². The third kappa shape index (κ3) is 1.80. The quantitative estimate of drug-likeness (QED) is 0.793. The number of hydrogen-bond acceptors (Lipinski definition) is 4. The van der Waals surface area contributed by atoms with Gasteiger partial charge in [0.05, 0.1) is 25.2 Å². The second-order valence-electron chi connectivity index (χ2n) is 5.38. The number of aromatic nitrogens is 2. The molecule has 1 aromatic heterocycles. The van der Waals surface area contributed by atoms with Crippen molar-refractivity contribution in [2.45, 2.75) is 25.8 Å². The van der Waals surface area contributed by atoms with Crippen LogP contribution in [0.3, 0.4) is 0 Å². The van der Waals surface area contributed by atoms with Gasteiger partial charge in [0.1, 0.15) is 0 Å². The van der Waals surface area contributed by atoms with Crippen LogP contribution in [0.25, 0.3) is 0 Å². The maximum Gasteiger partial charge on any atom is 0.231 e. The molecule has 0 N–H and O–H groups in total. The van der Waals surface area contributed by atoms with E-state index in [0.29, 0.717) is 17.8 Å². The molecule has 0 bridgehead atoms. The molecule has 4 heteroatoms. The van der Waals surface area contributed by atoms with E-state index in [4.69, 9.17) is 4.74 Å². The molecule has 2 heterocycles. The number of fused-ring (bicyclic) bond motifs is 1. The van der Waals surface area contributed by atoms with E-state index in [1.807, 2.05) is 6.20 Å². The Balaban J connectivity index is 1.66. The molecule has 17 heavy (non-hydrogen) atoms. The van der Waals surface area contributed by atoms with E-state index >= 15 is 0 Å². The lowest BCUT2D eigenvalue weighted by molar-refractivity contribution is 0.242. The zero-order valence-electron chi connectivity index (χ0n) is 10.6. The Morgan fingerprint density at radius 2 is 1.94 bits per heavy atom. The molecule has 2 fully saturated rings. The summed E-state index contributed by atoms with van der Waals surface area (Å²) >= 11 is 0. The third-order valence-corrected chi connectivity index (χ3v) is 4.15. The van der Waals surface area contributed by atoms with E-state index in [0.717, 1.165) is 17.5 Å². The van der Waals surface area contributed by atoms with Gasteiger partial charge in [-0.15, -0.1) is 0 Å². The smallest absolute Gasteiger partial charge is 0.231 e. The van der Waals surface area contributed by atoms with Gasteiger partial charge in [0.25, 0.3) is 0 Å². The standard InChI is InChI=1S/C13H19N3O/c1-8(2)16-6-9-10(7-16)13(9)11-4-15-12(17-3)5-14-11/h4-5,8-10,13H,6-7H2,1-3H3. The van der Waals surface area contributed by atoms with Gasteiger partial charge in [-0.1, -0.05) is 0 Å². The van der Waals surface area contributed by atoms with Crippen LogP contribution in [0.15, 0.2) is 12.4 Å². The van der Waals surface area contributed by atoms with Gasteiger partial charge in [0.15, 0.2) is 0 Å². The van der Waals surface area contributed by atoms with Crippen molar-refractivity contribution in [3.63, 3.8) is 0 Å². The van der Waals surface area contributed by atoms with Crippen molar-refractivity contribution in [1.29, 1.82) is 0 Å². The molecule has 92 valence electrons. The molecule has 0 amide bonds. The molecule has 1 aliphatic heterocycles. The van der Waals surface area contributed by atoms with Gasteiger partial charge in [-0.2, -0.15) is 0 Å². The monoisotopic (exact) mass is 233 g/mol. The van der Waals surface area contributed by atoms with Crippen LogP contribution in [0.4, 0.5) is 0 Å². The predicted octanol–water partition coefficient (Wildman–Crippen LogP) is 1.54. The first-order chi connectivity index (χ1) is 8.20. The molecule has 3 rings (SSSR count). The molecule has 1 aromatic rings. The summed E-state index contributed by atoms with van der Waals surface area (Å²) in [4.78, 5) is 11.3. The number of hydrogen-bond donors (Lipinski definition) is 0. The molecular weight excluding hydrogens is 214 g/mol. The fraction of sp³-hybridized carbons (Fsp3) is 0.692. The number of methoxy groups -OCH3 is 1. The number of rotatable bonds is 3. The molecule has 2 aliphatic rings. The Morgan fingerprint density at radius 3 is 2.41 bits per heavy atom. The lowest BCUT2D eigenvalue weighted by atomic mass is 10.2. The van der Waals surface area contributed by atoms with E-state index in [-0.39, 0.29) is 0 Å². The lowest BCUT2D eigenvalue weighted by Gasteiger charge is -2.23. The first kappa shape index (κ1) is 11.0. The molecule has 0 radical (unpaired) electrons. The second-order valence-corrected chi connectivity index (χ2v) is 5.38. The average Bonchev–Trinajstić information content (AvgIpc) is 2.83. The van der Waals surface area contributed by atoms with Gasteiger partial charge < -0.3 is 9.64 Å². The van der Waals surface area contributed by atoms with E-state index in [1.165, 1.54) is 13.1 Å². The normalized spacial score (nSPS) is 31.6. The van der Waals surface area contributed by atoms with E-state index < -0.39 is 0 Å². The molecule has 1 saturated heterocycles. The molecule has 0 spiro atoms. The molecule has 2 atom stereocenters. The van der Waals surface area contributed by atoms with Gasteiger partial charge in [-0.05, 0) is 25.7 Å². The van der Waals surface area contributed by atoms with Crippen molar-refractivity contribution < 1.29 is 4.74 Å². The van der Waals surface area contributed by atoms with Crippen molar-refractivity contribution in [3.8, 4) is 5.88 Å². The van der Waals surface area contributed by atoms with Crippen molar-refractivity contribution in [2.75, 3.05) is 20.2 Å². The first-order valence-electron chi connectivity index (χ1n) is 6.30. The minimum Gasteiger partial charge on any atom is -0.480 e. The highest BCUT2D eigenvalue weighted by atomic mass is 16.5. The SMILES string of the molecule is COc1cnc(C2C3CN(C(C)C)CC32)cn1. The maximum absolute atomic E-state index is 5.03. The highest BCUT2D eigenvalue weighted by Gasteiger charge is 2.57. The number of piperidine rings is 1. The minimum atomic E-state index is 0.600. The summed E-state index contributed by atoms with van der Waals surface area (Å²) in [5.74, 6) is 2.85. The largest absolute Gasteiger partial charge is 0.480 e. The molecule has 4 nitrogen and oxygen atoms in total. The molecule has 2 unspecified atom stereocenters. The van der Waals surface area contributed by atoms with E-state index in [1.54, 1.807) is 13.3 Å². The van der Waals surface area contributed by atoms with Crippen LogP contribution in [0.5, 0.6) is 5.88 Å². The Hall–Kier alpha value is -1.16. The number of ether oxygens (including phenoxy) is 1. The Labute approximate surface area is 102 Å². The van der Waals surface area contributed by atoms with E-state index in [2.05, 4.69) is 28.7 Å². The molecule has 1 saturated carbocycles. The van der Waals surface area contributed by atoms with Crippen LogP contribution in [-0.2, 0) is 0 Å². The van der Waals surface area contributed by atoms with Crippen LogP contribution in [0.2, 0.25) is 0 Å². The van der Waals surface area contributed by atoms with Crippen molar-refractivity contribution >= 4 is 0 Å². The van der Waals surface area contributed by atoms with Crippen LogP contribution in [0, 0.1) is 11.8 Å². The summed E-state index contributed by atoms with van der Waals surface area (Å²) in [6.07, 6.45) is 3.60. The fourth-order valence-electron chi connectivity index (χ4n) is 3.02. The Morgan fingerprint density at radius 1 is 1.24 bits per heavy atom. The van der Waals surface area contributed by atoms with Gasteiger partial charge in [0, 0.05) is 25.0 Å². The fourth-order valence-corrected chi connectivity index (χ4v) is 3.02. The number of nitrogens with zero attached hydrogens (tertiary/aromatic N) is 3. The van der Waals surface area contributed by atoms with Gasteiger partial charge in [-0.25, -0.2) is 4.98 Å². The third-order valence-electron chi connectivity index (χ3n) is 4.15. The summed E-state index contributed by atoms with van der Waals surface area (Å²) in [5.41, 5.74) is 1.14. The summed E-state index contributed by atoms with van der Waals surface area (Å²) in [5, 5.41) is 0. The first-order valence-corrected chi connectivity index (χ1v) is 6.30. The topological polar surface area (TPSA) is 38.2 Å². The number of likely N-dealkylation sites (tertiary alicyclic amines) is 1.